The molecule has 6 heteroatoms. The molecule has 22 heavy (non-hydrogen) atoms. The fraction of sp³-hybridized carbons (Fsp3) is 0.375. The van der Waals surface area contributed by atoms with E-state index in [-0.39, 0.29) is 5.91 Å². The van der Waals surface area contributed by atoms with Crippen LogP contribution in [0.25, 0.3) is 11.3 Å². The van der Waals surface area contributed by atoms with Gasteiger partial charge in [0.05, 0.1) is 17.1 Å². The van der Waals surface area contributed by atoms with Crippen LogP contribution in [-0.2, 0) is 11.6 Å². The van der Waals surface area contributed by atoms with Gasteiger partial charge in [0.15, 0.2) is 0 Å². The van der Waals surface area contributed by atoms with Gasteiger partial charge in [-0.15, -0.1) is 11.8 Å². The third-order valence-electron chi connectivity index (χ3n) is 4.26. The van der Waals surface area contributed by atoms with E-state index in [1.54, 1.807) is 6.20 Å². The molecular weight excluding hydrogens is 296 g/mol. The molecule has 114 valence electrons. The predicted octanol–water partition coefficient (Wildman–Crippen LogP) is 1.80. The van der Waals surface area contributed by atoms with Gasteiger partial charge in [-0.1, -0.05) is 0 Å². The highest BCUT2D eigenvalue weighted by atomic mass is 32.2. The highest BCUT2D eigenvalue weighted by Gasteiger charge is 2.28. The summed E-state index contributed by atoms with van der Waals surface area (Å²) in [6.45, 7) is 3.34. The Morgan fingerprint density at radius 3 is 2.95 bits per heavy atom. The number of amides is 1. The van der Waals surface area contributed by atoms with Crippen LogP contribution in [-0.4, -0.2) is 46.5 Å². The van der Waals surface area contributed by atoms with E-state index in [2.05, 4.69) is 27.0 Å². The molecule has 0 radical (unpaired) electrons. The zero-order chi connectivity index (χ0) is 14.9. The molecule has 2 aromatic heterocycles. The molecule has 0 saturated carbocycles. The fourth-order valence-electron chi connectivity index (χ4n) is 3.10. The molecule has 4 heterocycles. The van der Waals surface area contributed by atoms with Crippen LogP contribution in [0.3, 0.4) is 0 Å². The van der Waals surface area contributed by atoms with Crippen LogP contribution in [0.15, 0.2) is 30.6 Å². The zero-order valence-corrected chi connectivity index (χ0v) is 13.1. The van der Waals surface area contributed by atoms with E-state index in [0.717, 1.165) is 60.3 Å². The van der Waals surface area contributed by atoms with E-state index in [4.69, 9.17) is 0 Å². The van der Waals surface area contributed by atoms with E-state index in [1.807, 2.05) is 28.9 Å². The van der Waals surface area contributed by atoms with Crippen LogP contribution in [0.1, 0.15) is 16.1 Å². The Bertz CT molecular complexity index is 692. The first-order chi connectivity index (χ1) is 10.8. The largest absolute Gasteiger partial charge is 0.336 e. The molecule has 0 bridgehead atoms. The third-order valence-corrected chi connectivity index (χ3v) is 5.18. The number of nitrogens with one attached hydrogen (secondary N) is 1. The van der Waals surface area contributed by atoms with E-state index in [0.29, 0.717) is 0 Å². The third kappa shape index (κ3) is 2.32. The van der Waals surface area contributed by atoms with Crippen LogP contribution >= 0.6 is 11.8 Å². The van der Waals surface area contributed by atoms with Crippen molar-refractivity contribution in [2.75, 3.05) is 26.2 Å². The Balaban J connectivity index is 1.73. The van der Waals surface area contributed by atoms with Gasteiger partial charge in [0.2, 0.25) is 0 Å². The molecular formula is C16H18N4OS. The molecule has 1 N–H and O–H groups in total. The van der Waals surface area contributed by atoms with Crippen LogP contribution in [0.4, 0.5) is 0 Å². The lowest BCUT2D eigenvalue weighted by Gasteiger charge is -2.27. The molecule has 0 aliphatic carbocycles. The highest BCUT2D eigenvalue weighted by molar-refractivity contribution is 7.97. The first-order valence-corrected chi connectivity index (χ1v) is 8.70. The first-order valence-electron chi connectivity index (χ1n) is 7.55. The zero-order valence-electron chi connectivity index (χ0n) is 12.3. The monoisotopic (exact) mass is 314 g/mol. The lowest BCUT2D eigenvalue weighted by molar-refractivity contribution is 0.0735. The van der Waals surface area contributed by atoms with Crippen molar-refractivity contribution >= 4 is 17.7 Å². The Kier molecular flexibility index (Phi) is 3.63. The van der Waals surface area contributed by atoms with E-state index in [1.165, 1.54) is 0 Å². The number of carbonyl (C=O) groups excluding carboxylic acids is 1. The number of rotatable bonds is 2. The summed E-state index contributed by atoms with van der Waals surface area (Å²) in [5.41, 5.74) is 4.20. The standard InChI is InChI=1S/C16H18N4OS/c21-16(19-6-4-17-5-7-19)13-8-14(12-2-1-3-18-9-12)20-11-22-10-15(13)20/h1-3,8-9,17H,4-7,10-11H2. The van der Waals surface area contributed by atoms with Gasteiger partial charge in [-0.25, -0.2) is 0 Å². The smallest absolute Gasteiger partial charge is 0.255 e. The number of hydrogen-bond acceptors (Lipinski definition) is 4. The van der Waals surface area contributed by atoms with Gasteiger partial charge in [0.25, 0.3) is 5.91 Å². The Morgan fingerprint density at radius 2 is 2.18 bits per heavy atom. The number of nitrogens with zero attached hydrogens (tertiary/aromatic N) is 3. The minimum atomic E-state index is 0.169. The maximum atomic E-state index is 12.9. The average molecular weight is 314 g/mol. The molecule has 0 unspecified atom stereocenters. The van der Waals surface area contributed by atoms with Crippen LogP contribution < -0.4 is 5.32 Å². The highest BCUT2D eigenvalue weighted by Crippen LogP contribution is 2.35. The lowest BCUT2D eigenvalue weighted by atomic mass is 10.1. The number of carbonyl (C=O) groups is 1. The minimum absolute atomic E-state index is 0.169. The SMILES string of the molecule is O=C(c1cc(-c2cccnc2)n2c1CSC2)N1CCNCC1. The van der Waals surface area contributed by atoms with Crippen molar-refractivity contribution in [1.29, 1.82) is 0 Å². The second kappa shape index (κ2) is 5.78. The lowest BCUT2D eigenvalue weighted by Crippen LogP contribution is -2.46. The van der Waals surface area contributed by atoms with Crippen LogP contribution in [0.2, 0.25) is 0 Å². The topological polar surface area (TPSA) is 50.2 Å². The number of thioether (sulfide) groups is 1. The number of hydrogen-bond donors (Lipinski definition) is 1. The predicted molar refractivity (Wildman–Crippen MR) is 87.7 cm³/mol. The van der Waals surface area contributed by atoms with Crippen LogP contribution in [0.5, 0.6) is 0 Å². The number of fused-ring (bicyclic) bond motifs is 1. The average Bonchev–Trinajstić information content (AvgIpc) is 3.18. The van der Waals surface area contributed by atoms with Gasteiger partial charge in [-0.3, -0.25) is 9.78 Å². The van der Waals surface area contributed by atoms with Crippen molar-refractivity contribution in [1.82, 2.24) is 19.8 Å². The number of pyridine rings is 1. The summed E-state index contributed by atoms with van der Waals surface area (Å²) >= 11 is 1.86. The summed E-state index contributed by atoms with van der Waals surface area (Å²) in [7, 11) is 0. The Hall–Kier alpha value is -1.79. The Morgan fingerprint density at radius 1 is 1.32 bits per heavy atom. The van der Waals surface area contributed by atoms with E-state index >= 15 is 0 Å². The van der Waals surface area contributed by atoms with Gasteiger partial charge >= 0.3 is 0 Å². The summed E-state index contributed by atoms with van der Waals surface area (Å²) < 4.78 is 2.26. The molecule has 1 saturated heterocycles. The molecule has 0 spiro atoms. The van der Waals surface area contributed by atoms with Crippen molar-refractivity contribution < 1.29 is 4.79 Å². The Labute approximate surface area is 133 Å². The van der Waals surface area contributed by atoms with Crippen molar-refractivity contribution in [3.63, 3.8) is 0 Å². The van der Waals surface area contributed by atoms with Gasteiger partial charge < -0.3 is 14.8 Å². The quantitative estimate of drug-likeness (QED) is 0.918. The van der Waals surface area contributed by atoms with Crippen molar-refractivity contribution in [3.8, 4) is 11.3 Å². The number of aromatic nitrogens is 2. The second-order valence-electron chi connectivity index (χ2n) is 5.58. The normalized spacial score (nSPS) is 17.5. The summed E-state index contributed by atoms with van der Waals surface area (Å²) in [5.74, 6) is 1.99. The van der Waals surface area contributed by atoms with Crippen molar-refractivity contribution in [2.24, 2.45) is 0 Å². The van der Waals surface area contributed by atoms with Gasteiger partial charge in [-0.2, -0.15) is 0 Å². The van der Waals surface area contributed by atoms with Crippen molar-refractivity contribution in [3.05, 3.63) is 41.9 Å². The minimum Gasteiger partial charge on any atom is -0.336 e. The molecule has 2 aromatic rings. The summed E-state index contributed by atoms with van der Waals surface area (Å²) in [4.78, 5) is 19.0. The maximum absolute atomic E-state index is 12.9. The van der Waals surface area contributed by atoms with Gasteiger partial charge in [0.1, 0.15) is 0 Å². The molecule has 2 aliphatic heterocycles. The molecule has 0 atom stereocenters. The fourth-order valence-corrected chi connectivity index (χ4v) is 4.18. The van der Waals surface area contributed by atoms with Crippen LogP contribution in [0, 0.1) is 0 Å². The second-order valence-corrected chi connectivity index (χ2v) is 6.53. The molecule has 4 rings (SSSR count). The molecule has 0 aromatic carbocycles. The molecule has 1 amide bonds. The maximum Gasteiger partial charge on any atom is 0.255 e. The van der Waals surface area contributed by atoms with Crippen molar-refractivity contribution in [2.45, 2.75) is 11.6 Å². The van der Waals surface area contributed by atoms with Gasteiger partial charge in [0, 0.05) is 55.6 Å². The summed E-state index contributed by atoms with van der Waals surface area (Å²) in [6, 6.07) is 6.04. The summed E-state index contributed by atoms with van der Waals surface area (Å²) in [6.07, 6.45) is 3.64. The van der Waals surface area contributed by atoms with E-state index in [9.17, 15) is 4.79 Å². The molecule has 5 nitrogen and oxygen atoms in total. The summed E-state index contributed by atoms with van der Waals surface area (Å²) in [5, 5.41) is 3.29. The molecule has 2 aliphatic rings. The van der Waals surface area contributed by atoms with E-state index < -0.39 is 0 Å². The molecule has 1 fully saturated rings. The number of piperazine rings is 1. The first kappa shape index (κ1) is 13.8. The van der Waals surface area contributed by atoms with Gasteiger partial charge in [-0.05, 0) is 18.2 Å².